The first-order chi connectivity index (χ1) is 11.0. The number of rotatable bonds is 5. The fourth-order valence-electron chi connectivity index (χ4n) is 3.60. The molecule has 1 heterocycles. The fraction of sp³-hybridized carbons (Fsp3) is 0.647. The number of hydrogen-bond acceptors (Lipinski definition) is 4. The van der Waals surface area contributed by atoms with Crippen LogP contribution in [0.3, 0.4) is 0 Å². The zero-order valence-corrected chi connectivity index (χ0v) is 14.5. The topological polar surface area (TPSA) is 69.6 Å². The molecule has 1 unspecified atom stereocenters. The third-order valence-electron chi connectivity index (χ3n) is 5.09. The Labute approximate surface area is 138 Å². The minimum absolute atomic E-state index is 0.0491. The highest BCUT2D eigenvalue weighted by Crippen LogP contribution is 2.29. The Morgan fingerprint density at radius 2 is 2.04 bits per heavy atom. The molecule has 1 atom stereocenters. The van der Waals surface area contributed by atoms with Crippen LogP contribution in [0, 0.1) is 0 Å². The van der Waals surface area contributed by atoms with Gasteiger partial charge >= 0.3 is 0 Å². The molecule has 1 aromatic carbocycles. The van der Waals surface area contributed by atoms with E-state index in [1.165, 1.54) is 11.3 Å². The van der Waals surface area contributed by atoms with Crippen LogP contribution in [0.5, 0.6) is 0 Å². The minimum atomic E-state index is -3.32. The molecule has 1 aliphatic heterocycles. The molecule has 2 N–H and O–H groups in total. The molecule has 1 saturated carbocycles. The molecule has 0 spiro atoms. The van der Waals surface area contributed by atoms with Crippen LogP contribution in [-0.4, -0.2) is 38.9 Å². The summed E-state index contributed by atoms with van der Waals surface area (Å²) in [5, 5.41) is 10.0. The monoisotopic (exact) mass is 338 g/mol. The van der Waals surface area contributed by atoms with Gasteiger partial charge in [0.15, 0.2) is 0 Å². The average Bonchev–Trinajstić information content (AvgIpc) is 2.94. The van der Waals surface area contributed by atoms with Crippen LogP contribution < -0.4 is 9.62 Å². The van der Waals surface area contributed by atoms with E-state index in [9.17, 15) is 13.5 Å². The van der Waals surface area contributed by atoms with Gasteiger partial charge in [-0.25, -0.2) is 13.1 Å². The Morgan fingerprint density at radius 3 is 2.78 bits per heavy atom. The van der Waals surface area contributed by atoms with Gasteiger partial charge in [0.1, 0.15) is 0 Å². The molecule has 6 heteroatoms. The largest absolute Gasteiger partial charge is 0.387 e. The number of aliphatic hydroxyl groups is 1. The van der Waals surface area contributed by atoms with Crippen LogP contribution in [0.15, 0.2) is 18.2 Å². The molecule has 23 heavy (non-hydrogen) atoms. The van der Waals surface area contributed by atoms with Gasteiger partial charge in [0.05, 0.1) is 11.4 Å². The second-order valence-corrected chi connectivity index (χ2v) is 8.77. The van der Waals surface area contributed by atoms with E-state index >= 15 is 0 Å². The van der Waals surface area contributed by atoms with Crippen LogP contribution in [0.25, 0.3) is 0 Å². The van der Waals surface area contributed by atoms with E-state index in [2.05, 4.69) is 16.7 Å². The first kappa shape index (κ1) is 16.7. The van der Waals surface area contributed by atoms with Crippen molar-refractivity contribution < 1.29 is 13.5 Å². The van der Waals surface area contributed by atoms with Crippen molar-refractivity contribution in [2.75, 3.05) is 25.0 Å². The third kappa shape index (κ3) is 3.70. The van der Waals surface area contributed by atoms with Crippen molar-refractivity contribution in [3.8, 4) is 0 Å². The van der Waals surface area contributed by atoms with Gasteiger partial charge in [-0.15, -0.1) is 0 Å². The predicted octanol–water partition coefficient (Wildman–Crippen LogP) is 1.96. The molecule has 2 aliphatic rings. The lowest BCUT2D eigenvalue weighted by Crippen LogP contribution is -2.37. The number of hydrogen-bond donors (Lipinski definition) is 2. The number of anilines is 1. The summed E-state index contributed by atoms with van der Waals surface area (Å²) in [5.41, 5.74) is 3.20. The number of nitrogens with zero attached hydrogens (tertiary/aromatic N) is 1. The van der Waals surface area contributed by atoms with Gasteiger partial charge in [-0.05, 0) is 36.5 Å². The molecular weight excluding hydrogens is 312 g/mol. The smallest absolute Gasteiger partial charge is 0.214 e. The Balaban J connectivity index is 1.62. The van der Waals surface area contributed by atoms with Gasteiger partial charge in [0, 0.05) is 25.8 Å². The zero-order valence-electron chi connectivity index (χ0n) is 13.7. The van der Waals surface area contributed by atoms with Crippen molar-refractivity contribution in [2.45, 2.75) is 49.9 Å². The summed E-state index contributed by atoms with van der Waals surface area (Å²) in [6.45, 7) is 1.04. The normalized spacial score (nSPS) is 20.5. The van der Waals surface area contributed by atoms with Crippen molar-refractivity contribution >= 4 is 15.7 Å². The highest BCUT2D eigenvalue weighted by Gasteiger charge is 2.27. The molecule has 0 radical (unpaired) electrons. The maximum Gasteiger partial charge on any atom is 0.214 e. The van der Waals surface area contributed by atoms with Gasteiger partial charge < -0.3 is 10.0 Å². The molecule has 0 bridgehead atoms. The number of nitrogens with one attached hydrogen (secondary N) is 1. The van der Waals surface area contributed by atoms with E-state index in [0.29, 0.717) is 0 Å². The number of fused-ring (bicyclic) bond motifs is 1. The molecule has 3 rings (SSSR count). The summed E-state index contributed by atoms with van der Waals surface area (Å²) < 4.78 is 27.3. The number of likely N-dealkylation sites (N-methyl/N-ethyl adjacent to an activating group) is 1. The lowest BCUT2D eigenvalue weighted by Gasteiger charge is -2.23. The second kappa shape index (κ2) is 6.79. The SMILES string of the molecule is CN1CCc2cc(C(O)CNS(=O)(=O)C3CCCCC3)ccc21. The molecule has 5 nitrogen and oxygen atoms in total. The molecule has 1 aromatic rings. The third-order valence-corrected chi connectivity index (χ3v) is 7.00. The highest BCUT2D eigenvalue weighted by atomic mass is 32.2. The van der Waals surface area contributed by atoms with Gasteiger partial charge in [0.25, 0.3) is 0 Å². The summed E-state index contributed by atoms with van der Waals surface area (Å²) in [6, 6.07) is 5.90. The summed E-state index contributed by atoms with van der Waals surface area (Å²) in [7, 11) is -1.27. The standard InChI is InChI=1S/C17H26N2O3S/c1-19-10-9-13-11-14(7-8-16(13)19)17(20)12-18-23(21,22)15-5-3-2-4-6-15/h7-8,11,15,17-18,20H,2-6,9-10,12H2,1H3. The number of sulfonamides is 1. The minimum Gasteiger partial charge on any atom is -0.387 e. The zero-order chi connectivity index (χ0) is 16.4. The van der Waals surface area contributed by atoms with Crippen LogP contribution in [0.4, 0.5) is 5.69 Å². The Kier molecular flexibility index (Phi) is 4.94. The number of aliphatic hydroxyl groups excluding tert-OH is 1. The highest BCUT2D eigenvalue weighted by molar-refractivity contribution is 7.90. The van der Waals surface area contributed by atoms with E-state index < -0.39 is 16.1 Å². The van der Waals surface area contributed by atoms with Crippen LogP contribution in [0.2, 0.25) is 0 Å². The van der Waals surface area contributed by atoms with Gasteiger partial charge in [-0.2, -0.15) is 0 Å². The van der Waals surface area contributed by atoms with Crippen molar-refractivity contribution in [3.05, 3.63) is 29.3 Å². The molecule has 0 aromatic heterocycles. The van der Waals surface area contributed by atoms with E-state index in [-0.39, 0.29) is 11.8 Å². The summed E-state index contributed by atoms with van der Waals surface area (Å²) >= 11 is 0. The molecule has 1 aliphatic carbocycles. The Hall–Kier alpha value is -1.11. The van der Waals surface area contributed by atoms with Crippen LogP contribution in [-0.2, 0) is 16.4 Å². The molecular formula is C17H26N2O3S. The summed E-state index contributed by atoms with van der Waals surface area (Å²) in [5.74, 6) is 0. The van der Waals surface area contributed by atoms with Crippen molar-refractivity contribution in [1.82, 2.24) is 4.72 Å². The van der Waals surface area contributed by atoms with E-state index in [0.717, 1.165) is 50.6 Å². The fourth-order valence-corrected chi connectivity index (χ4v) is 5.18. The lowest BCUT2D eigenvalue weighted by molar-refractivity contribution is 0.181. The summed E-state index contributed by atoms with van der Waals surface area (Å²) in [4.78, 5) is 2.19. The molecule has 1 fully saturated rings. The second-order valence-electron chi connectivity index (χ2n) is 6.73. The first-order valence-corrected chi connectivity index (χ1v) is 10.0. The van der Waals surface area contributed by atoms with E-state index in [1.54, 1.807) is 0 Å². The summed E-state index contributed by atoms with van der Waals surface area (Å²) in [6.07, 6.45) is 4.72. The quantitative estimate of drug-likeness (QED) is 0.861. The van der Waals surface area contributed by atoms with Crippen molar-refractivity contribution in [3.63, 3.8) is 0 Å². The van der Waals surface area contributed by atoms with Crippen molar-refractivity contribution in [1.29, 1.82) is 0 Å². The van der Waals surface area contributed by atoms with Gasteiger partial charge in [0.2, 0.25) is 10.0 Å². The Bertz CT molecular complexity index is 654. The maximum absolute atomic E-state index is 12.3. The number of benzene rings is 1. The molecule has 0 amide bonds. The predicted molar refractivity (Wildman–Crippen MR) is 92.2 cm³/mol. The van der Waals surface area contributed by atoms with Gasteiger partial charge in [-0.1, -0.05) is 31.4 Å². The maximum atomic E-state index is 12.3. The van der Waals surface area contributed by atoms with E-state index in [1.807, 2.05) is 18.2 Å². The van der Waals surface area contributed by atoms with Gasteiger partial charge in [-0.3, -0.25) is 0 Å². The molecule has 128 valence electrons. The van der Waals surface area contributed by atoms with Crippen molar-refractivity contribution in [2.24, 2.45) is 0 Å². The lowest BCUT2D eigenvalue weighted by atomic mass is 10.0. The first-order valence-electron chi connectivity index (χ1n) is 8.48. The van der Waals surface area contributed by atoms with E-state index in [4.69, 9.17) is 0 Å². The Morgan fingerprint density at radius 1 is 1.30 bits per heavy atom. The average molecular weight is 338 g/mol. The molecule has 0 saturated heterocycles. The van der Waals surface area contributed by atoms with Crippen LogP contribution >= 0.6 is 0 Å². The van der Waals surface area contributed by atoms with Crippen LogP contribution in [0.1, 0.15) is 49.3 Å².